The first-order chi connectivity index (χ1) is 12.0. The third kappa shape index (κ3) is 2.69. The molecule has 3 amide bonds. The summed E-state index contributed by atoms with van der Waals surface area (Å²) in [6.07, 6.45) is 4.83. The van der Waals surface area contributed by atoms with Gasteiger partial charge in [0.05, 0.1) is 16.9 Å². The summed E-state index contributed by atoms with van der Waals surface area (Å²) < 4.78 is 5.32. The zero-order valence-corrected chi connectivity index (χ0v) is 14.5. The van der Waals surface area contributed by atoms with Gasteiger partial charge in [-0.15, -0.1) is 0 Å². The SMILES string of the molecule is O=C(COc1ccc(Cl)cc1Cl)NN1C(=O)[C@H]2[C@H](C1=O)[C@H]1C=C[C@H]2C1. The molecule has 25 heavy (non-hydrogen) atoms. The first-order valence-corrected chi connectivity index (χ1v) is 8.65. The van der Waals surface area contributed by atoms with Crippen molar-refractivity contribution in [2.24, 2.45) is 23.7 Å². The number of halogens is 2. The number of rotatable bonds is 4. The average molecular weight is 381 g/mol. The van der Waals surface area contributed by atoms with Gasteiger partial charge in [-0.2, -0.15) is 5.01 Å². The van der Waals surface area contributed by atoms with Crippen molar-refractivity contribution in [3.05, 3.63) is 40.4 Å². The minimum atomic E-state index is -0.604. The number of imide groups is 1. The standard InChI is InChI=1S/C17H14Cl2N2O4/c18-10-3-4-12(11(19)6-10)25-7-13(22)20-21-16(23)14-8-1-2-9(5-8)15(14)17(21)24/h1-4,6,8-9,14-15H,5,7H2,(H,20,22)/t8-,9-,14+,15+/m0/s1. The molecule has 1 saturated heterocycles. The van der Waals surface area contributed by atoms with Crippen molar-refractivity contribution in [2.45, 2.75) is 6.42 Å². The van der Waals surface area contributed by atoms with Crippen molar-refractivity contribution in [3.63, 3.8) is 0 Å². The minimum Gasteiger partial charge on any atom is -0.482 e. The first kappa shape index (κ1) is 16.4. The van der Waals surface area contributed by atoms with Gasteiger partial charge in [0.2, 0.25) is 0 Å². The molecule has 1 saturated carbocycles. The Morgan fingerprint density at radius 3 is 2.40 bits per heavy atom. The number of ether oxygens (including phenoxy) is 1. The van der Waals surface area contributed by atoms with Crippen LogP contribution in [0.25, 0.3) is 0 Å². The maximum atomic E-state index is 12.5. The van der Waals surface area contributed by atoms with Crippen LogP contribution in [0.4, 0.5) is 0 Å². The van der Waals surface area contributed by atoms with Crippen molar-refractivity contribution in [3.8, 4) is 5.75 Å². The fourth-order valence-electron chi connectivity index (χ4n) is 3.91. The van der Waals surface area contributed by atoms with Gasteiger partial charge in [-0.05, 0) is 36.5 Å². The number of nitrogens with zero attached hydrogens (tertiary/aromatic N) is 1. The van der Waals surface area contributed by atoms with E-state index in [0.717, 1.165) is 11.4 Å². The van der Waals surface area contributed by atoms with Gasteiger partial charge in [0, 0.05) is 5.02 Å². The number of carbonyl (C=O) groups is 3. The number of hydrazine groups is 1. The van der Waals surface area contributed by atoms with Crippen LogP contribution in [0.1, 0.15) is 6.42 Å². The predicted molar refractivity (Wildman–Crippen MR) is 89.7 cm³/mol. The molecule has 1 aromatic rings. The van der Waals surface area contributed by atoms with Crippen molar-refractivity contribution in [1.82, 2.24) is 10.4 Å². The average Bonchev–Trinajstić information content (AvgIpc) is 3.24. The quantitative estimate of drug-likeness (QED) is 0.641. The van der Waals surface area contributed by atoms with Crippen LogP contribution in [0.3, 0.4) is 0 Å². The lowest BCUT2D eigenvalue weighted by atomic mass is 9.85. The molecule has 0 spiro atoms. The van der Waals surface area contributed by atoms with Crippen LogP contribution in [0, 0.1) is 23.7 Å². The molecule has 8 heteroatoms. The summed E-state index contributed by atoms with van der Waals surface area (Å²) in [5.41, 5.74) is 2.35. The van der Waals surface area contributed by atoms with E-state index in [0.29, 0.717) is 10.8 Å². The number of fused-ring (bicyclic) bond motifs is 5. The molecular weight excluding hydrogens is 367 g/mol. The van der Waals surface area contributed by atoms with E-state index in [-0.39, 0.29) is 47.1 Å². The van der Waals surface area contributed by atoms with Gasteiger partial charge >= 0.3 is 0 Å². The van der Waals surface area contributed by atoms with Crippen molar-refractivity contribution in [2.75, 3.05) is 6.61 Å². The molecule has 0 unspecified atom stereocenters. The van der Waals surface area contributed by atoms with E-state index in [1.165, 1.54) is 12.1 Å². The largest absolute Gasteiger partial charge is 0.482 e. The Morgan fingerprint density at radius 1 is 1.16 bits per heavy atom. The summed E-state index contributed by atoms with van der Waals surface area (Å²) in [6.45, 7) is -0.376. The van der Waals surface area contributed by atoms with Crippen molar-refractivity contribution < 1.29 is 19.1 Å². The molecule has 2 aliphatic carbocycles. The summed E-state index contributed by atoms with van der Waals surface area (Å²) >= 11 is 11.8. The third-order valence-electron chi connectivity index (χ3n) is 4.96. The fraction of sp³-hybridized carbons (Fsp3) is 0.353. The molecule has 1 heterocycles. The van der Waals surface area contributed by atoms with Crippen molar-refractivity contribution >= 4 is 40.9 Å². The van der Waals surface area contributed by atoms with Gasteiger partial charge in [0.15, 0.2) is 6.61 Å². The van der Waals surface area contributed by atoms with E-state index in [9.17, 15) is 14.4 Å². The van der Waals surface area contributed by atoms with Gasteiger partial charge < -0.3 is 4.74 Å². The third-order valence-corrected chi connectivity index (χ3v) is 5.49. The van der Waals surface area contributed by atoms with Crippen LogP contribution in [0.15, 0.2) is 30.4 Å². The first-order valence-electron chi connectivity index (χ1n) is 7.89. The Balaban J connectivity index is 1.38. The monoisotopic (exact) mass is 380 g/mol. The summed E-state index contributed by atoms with van der Waals surface area (Å²) in [6, 6.07) is 4.61. The van der Waals surface area contributed by atoms with Crippen LogP contribution in [-0.4, -0.2) is 29.3 Å². The maximum absolute atomic E-state index is 12.5. The second-order valence-corrected chi connectivity index (χ2v) is 7.25. The molecule has 1 aromatic carbocycles. The number of hydrogen-bond acceptors (Lipinski definition) is 4. The Bertz CT molecular complexity index is 780. The fourth-order valence-corrected chi connectivity index (χ4v) is 4.37. The molecule has 4 rings (SSSR count). The topological polar surface area (TPSA) is 75.7 Å². The molecule has 2 bridgehead atoms. The number of amides is 3. The van der Waals surface area contributed by atoms with E-state index in [1.807, 2.05) is 12.2 Å². The van der Waals surface area contributed by atoms with Gasteiger partial charge in [-0.25, -0.2) is 0 Å². The van der Waals surface area contributed by atoms with Crippen LogP contribution >= 0.6 is 23.2 Å². The van der Waals surface area contributed by atoms with Crippen LogP contribution in [0.2, 0.25) is 10.0 Å². The smallest absolute Gasteiger partial charge is 0.276 e. The van der Waals surface area contributed by atoms with E-state index >= 15 is 0 Å². The summed E-state index contributed by atoms with van der Waals surface area (Å²) in [4.78, 5) is 37.0. The van der Waals surface area contributed by atoms with E-state index < -0.39 is 5.91 Å². The highest BCUT2D eigenvalue weighted by Gasteiger charge is 2.59. The second-order valence-electron chi connectivity index (χ2n) is 6.41. The van der Waals surface area contributed by atoms with E-state index in [2.05, 4.69) is 5.43 Å². The van der Waals surface area contributed by atoms with Crippen LogP contribution in [-0.2, 0) is 14.4 Å². The van der Waals surface area contributed by atoms with Crippen LogP contribution in [0.5, 0.6) is 5.75 Å². The molecule has 3 aliphatic rings. The van der Waals surface area contributed by atoms with Gasteiger partial charge in [-0.1, -0.05) is 35.4 Å². The Hall–Kier alpha value is -2.05. The molecular formula is C17H14Cl2N2O4. The highest BCUT2D eigenvalue weighted by atomic mass is 35.5. The molecule has 4 atom stereocenters. The summed E-state index contributed by atoms with van der Waals surface area (Å²) in [5.74, 6) is -1.51. The van der Waals surface area contributed by atoms with E-state index in [4.69, 9.17) is 27.9 Å². The van der Waals surface area contributed by atoms with E-state index in [1.54, 1.807) is 6.07 Å². The molecule has 1 N–H and O–H groups in total. The zero-order valence-electron chi connectivity index (χ0n) is 12.9. The number of carbonyl (C=O) groups excluding carboxylic acids is 3. The Kier molecular flexibility index (Phi) is 3.96. The molecule has 1 aliphatic heterocycles. The lowest BCUT2D eigenvalue weighted by Gasteiger charge is -2.18. The lowest BCUT2D eigenvalue weighted by molar-refractivity contribution is -0.150. The minimum absolute atomic E-state index is 0.0949. The lowest BCUT2D eigenvalue weighted by Crippen LogP contribution is -2.48. The molecule has 0 aromatic heterocycles. The summed E-state index contributed by atoms with van der Waals surface area (Å²) in [5, 5.41) is 1.56. The molecule has 0 radical (unpaired) electrons. The van der Waals surface area contributed by atoms with Gasteiger partial charge in [0.1, 0.15) is 5.75 Å². The van der Waals surface area contributed by atoms with Gasteiger partial charge in [0.25, 0.3) is 17.7 Å². The second kappa shape index (κ2) is 6.04. The highest BCUT2D eigenvalue weighted by Crippen LogP contribution is 2.52. The molecule has 130 valence electrons. The zero-order chi connectivity index (χ0) is 17.7. The van der Waals surface area contributed by atoms with Gasteiger partial charge in [-0.3, -0.25) is 19.8 Å². The number of hydrogen-bond donors (Lipinski definition) is 1. The predicted octanol–water partition coefficient (Wildman–Crippen LogP) is 2.21. The summed E-state index contributed by atoms with van der Waals surface area (Å²) in [7, 11) is 0. The van der Waals surface area contributed by atoms with Crippen LogP contribution < -0.4 is 10.2 Å². The highest BCUT2D eigenvalue weighted by molar-refractivity contribution is 6.35. The normalized spacial score (nSPS) is 29.3. The Labute approximate surface area is 153 Å². The molecule has 2 fully saturated rings. The Morgan fingerprint density at radius 2 is 1.80 bits per heavy atom. The van der Waals surface area contributed by atoms with Crippen molar-refractivity contribution in [1.29, 1.82) is 0 Å². The molecule has 6 nitrogen and oxygen atoms in total. The number of allylic oxidation sites excluding steroid dienone is 2. The maximum Gasteiger partial charge on any atom is 0.276 e. The number of nitrogens with one attached hydrogen (secondary N) is 1. The number of benzene rings is 1.